The molecular formula is C4H10O14P4W. The first-order chi connectivity index (χ1) is 9.43. The molecule has 0 saturated heterocycles. The Morgan fingerprint density at radius 1 is 0.696 bits per heavy atom. The van der Waals surface area contributed by atoms with Crippen molar-refractivity contribution in [2.75, 3.05) is 14.2 Å². The Kier molecular flexibility index (Phi) is 13.1. The van der Waals surface area contributed by atoms with E-state index in [4.69, 9.17) is 10.2 Å². The number of aliphatic hydroxyl groups is 2. The van der Waals surface area contributed by atoms with Gasteiger partial charge in [0.25, 0.3) is 0 Å². The Labute approximate surface area is 144 Å². The Hall–Kier alpha value is 1.21. The third-order valence-electron chi connectivity index (χ3n) is 1.64. The summed E-state index contributed by atoms with van der Waals surface area (Å²) in [6.07, 6.45) is 0. The van der Waals surface area contributed by atoms with E-state index >= 15 is 0 Å². The average Bonchev–Trinajstić information content (AvgIpc) is 2.35. The topological polar surface area (TPSA) is 266 Å². The van der Waals surface area contributed by atoms with Gasteiger partial charge in [0.15, 0.2) is 15.2 Å². The molecule has 0 aromatic heterocycles. The third-order valence-corrected chi connectivity index (χ3v) is 8.32. The molecule has 2 N–H and O–H groups in total. The van der Waals surface area contributed by atoms with Crippen LogP contribution < -0.4 is 29.4 Å². The molecule has 0 aromatic carbocycles. The molecule has 0 saturated carbocycles. The molecule has 19 heteroatoms. The largest absolute Gasteiger partial charge is 6.00 e. The van der Waals surface area contributed by atoms with Crippen LogP contribution in [-0.2, 0) is 48.4 Å². The number of hydrogen-bond donors (Lipinski definition) is 2. The predicted molar refractivity (Wildman–Crippen MR) is 56.5 cm³/mol. The van der Waals surface area contributed by atoms with Crippen molar-refractivity contribution in [3.05, 3.63) is 0 Å². The average molecular weight is 590 g/mol. The second kappa shape index (κ2) is 10.4. The fraction of sp³-hybridized carbons (Fsp3) is 1.00. The molecule has 0 radical (unpaired) electrons. The smallest absolute Gasteiger partial charge is 0.809 e. The van der Waals surface area contributed by atoms with E-state index in [1.54, 1.807) is 0 Å². The van der Waals surface area contributed by atoms with Crippen molar-refractivity contribution in [3.8, 4) is 0 Å². The van der Waals surface area contributed by atoms with Crippen LogP contribution in [0.5, 0.6) is 0 Å². The summed E-state index contributed by atoms with van der Waals surface area (Å²) in [5, 5.41) is 16.6. The first-order valence-corrected chi connectivity index (χ1v) is 11.0. The first-order valence-electron chi connectivity index (χ1n) is 4.56. The zero-order chi connectivity index (χ0) is 18.6. The molecule has 0 heterocycles. The summed E-state index contributed by atoms with van der Waals surface area (Å²) < 4.78 is 47.7. The molecule has 0 aliphatic rings. The van der Waals surface area contributed by atoms with Crippen molar-refractivity contribution < 1.29 is 87.9 Å². The summed E-state index contributed by atoms with van der Waals surface area (Å²) in [6.45, 7) is 0. The van der Waals surface area contributed by atoms with Crippen molar-refractivity contribution in [3.63, 3.8) is 0 Å². The van der Waals surface area contributed by atoms with Crippen LogP contribution in [0.15, 0.2) is 0 Å². The van der Waals surface area contributed by atoms with Crippen LogP contribution in [0.25, 0.3) is 0 Å². The van der Waals surface area contributed by atoms with Crippen LogP contribution in [0.2, 0.25) is 0 Å². The quantitative estimate of drug-likeness (QED) is 0.274. The minimum atomic E-state index is -5.54. The van der Waals surface area contributed by atoms with E-state index in [2.05, 4.69) is 9.05 Å². The zero-order valence-electron chi connectivity index (χ0n) is 11.1. The monoisotopic (exact) mass is 590 g/mol. The van der Waals surface area contributed by atoms with Gasteiger partial charge in [0.05, 0.1) is 0 Å². The molecule has 0 aliphatic heterocycles. The van der Waals surface area contributed by atoms with E-state index in [9.17, 15) is 47.6 Å². The SMILES string of the molecule is COP(=O)([O-])C(O)P(=O)([O-])[O-].COP(=O)([O-])C(O)P(=O)([O-])[O-].[W+6]. The van der Waals surface area contributed by atoms with Crippen LogP contribution in [0, 0.1) is 0 Å². The molecule has 0 spiro atoms. The molecule has 0 rings (SSSR count). The minimum absolute atomic E-state index is 0. The molecule has 14 nitrogen and oxygen atoms in total. The molecule has 136 valence electrons. The van der Waals surface area contributed by atoms with Gasteiger partial charge in [-0.2, -0.15) is 0 Å². The Balaban J connectivity index is -0.000000333. The van der Waals surface area contributed by atoms with E-state index in [-0.39, 0.29) is 21.1 Å². The summed E-state index contributed by atoms with van der Waals surface area (Å²) in [7, 11) is -19.7. The molecular weight excluding hydrogens is 580 g/mol. The summed E-state index contributed by atoms with van der Waals surface area (Å²) in [5.41, 5.74) is -6.00. The van der Waals surface area contributed by atoms with Crippen molar-refractivity contribution in [2.24, 2.45) is 0 Å². The Morgan fingerprint density at radius 2 is 0.870 bits per heavy atom. The maximum absolute atomic E-state index is 10.3. The minimum Gasteiger partial charge on any atom is -0.809 e. The van der Waals surface area contributed by atoms with Crippen molar-refractivity contribution in [2.45, 2.75) is 11.2 Å². The second-order valence-corrected chi connectivity index (χ2v) is 11.0. The van der Waals surface area contributed by atoms with Gasteiger partial charge in [-0.3, -0.25) is 0 Å². The van der Waals surface area contributed by atoms with Crippen molar-refractivity contribution >= 4 is 30.4 Å². The van der Waals surface area contributed by atoms with E-state index in [1.807, 2.05) is 0 Å². The fourth-order valence-corrected chi connectivity index (χ4v) is 4.25. The predicted octanol–water partition coefficient (Wildman–Crippen LogP) is -5.25. The molecule has 23 heavy (non-hydrogen) atoms. The Morgan fingerprint density at radius 3 is 0.913 bits per heavy atom. The summed E-state index contributed by atoms with van der Waals surface area (Å²) in [6, 6.07) is 0. The standard InChI is InChI=1S/2C2H8O7P2.W/c2*1-9-11(7,8)2(3)10(4,5)6;/h2*2-3H,1H3,(H,7,8)(H2,4,5,6);/q;;+6/p-6. The van der Waals surface area contributed by atoms with Gasteiger partial charge in [0.2, 0.25) is 0 Å². The zero-order valence-corrected chi connectivity index (χ0v) is 17.7. The second-order valence-electron chi connectivity index (χ2n) is 3.22. The molecule has 0 fully saturated rings. The van der Waals surface area contributed by atoms with Gasteiger partial charge in [0.1, 0.15) is 11.2 Å². The van der Waals surface area contributed by atoms with Crippen LogP contribution in [-0.4, -0.2) is 35.6 Å². The summed E-state index contributed by atoms with van der Waals surface area (Å²) in [5.74, 6) is 0. The van der Waals surface area contributed by atoms with Crippen molar-refractivity contribution in [1.82, 2.24) is 0 Å². The van der Waals surface area contributed by atoms with E-state index in [0.717, 1.165) is 0 Å². The molecule has 0 bridgehead atoms. The molecule has 0 aromatic rings. The van der Waals surface area contributed by atoms with Gasteiger partial charge in [-0.25, -0.2) is 0 Å². The maximum Gasteiger partial charge on any atom is 6.00 e. The van der Waals surface area contributed by atoms with E-state index in [1.165, 1.54) is 0 Å². The molecule has 0 aliphatic carbocycles. The molecule has 4 atom stereocenters. The summed E-state index contributed by atoms with van der Waals surface area (Å²) >= 11 is 0. The normalized spacial score (nSPS) is 19.9. The molecule has 0 amide bonds. The maximum atomic E-state index is 10.3. The van der Waals surface area contributed by atoms with E-state index in [0.29, 0.717) is 14.2 Å². The van der Waals surface area contributed by atoms with Crippen LogP contribution in [0.3, 0.4) is 0 Å². The number of hydrogen-bond acceptors (Lipinski definition) is 14. The number of rotatable bonds is 6. The van der Waals surface area contributed by atoms with Gasteiger partial charge in [0, 0.05) is 14.2 Å². The molecule has 4 unspecified atom stereocenters. The van der Waals surface area contributed by atoms with Crippen LogP contribution >= 0.6 is 30.4 Å². The van der Waals surface area contributed by atoms with E-state index < -0.39 is 41.6 Å². The van der Waals surface area contributed by atoms with Gasteiger partial charge in [-0.1, -0.05) is 0 Å². The number of aliphatic hydroxyl groups excluding tert-OH is 2. The van der Waals surface area contributed by atoms with Gasteiger partial charge < -0.3 is 66.9 Å². The van der Waals surface area contributed by atoms with Gasteiger partial charge in [-0.15, -0.1) is 0 Å². The first kappa shape index (κ1) is 29.0. The van der Waals surface area contributed by atoms with Gasteiger partial charge >= 0.3 is 21.1 Å². The fourth-order valence-electron chi connectivity index (χ4n) is 0.535. The van der Waals surface area contributed by atoms with Gasteiger partial charge in [-0.05, 0) is 15.2 Å². The van der Waals surface area contributed by atoms with Crippen LogP contribution in [0.1, 0.15) is 0 Å². The summed E-state index contributed by atoms with van der Waals surface area (Å²) in [4.78, 5) is 60.3. The van der Waals surface area contributed by atoms with Crippen molar-refractivity contribution in [1.29, 1.82) is 0 Å². The Bertz CT molecular complexity index is 487. The third kappa shape index (κ3) is 10.7. The van der Waals surface area contributed by atoms with Crippen LogP contribution in [0.4, 0.5) is 0 Å².